The van der Waals surface area contributed by atoms with Crippen LogP contribution in [0, 0.1) is 5.41 Å². The average Bonchev–Trinajstić information content (AvgIpc) is 2.65. The van der Waals surface area contributed by atoms with E-state index in [1.54, 1.807) is 33.0 Å². The summed E-state index contributed by atoms with van der Waals surface area (Å²) in [6, 6.07) is 1.71. The number of ether oxygens (including phenoxy) is 2. The predicted octanol–water partition coefficient (Wildman–Crippen LogP) is 2.86. The van der Waals surface area contributed by atoms with E-state index >= 15 is 0 Å². The van der Waals surface area contributed by atoms with Crippen LogP contribution in [0.25, 0.3) is 17.1 Å². The van der Waals surface area contributed by atoms with Crippen LogP contribution in [0.4, 0.5) is 5.95 Å². The Morgan fingerprint density at radius 1 is 1.43 bits per heavy atom. The molecule has 150 valence electrons. The molecule has 8 nitrogen and oxygen atoms in total. The topological polar surface area (TPSA) is 106 Å². The van der Waals surface area contributed by atoms with E-state index in [1.807, 2.05) is 12.2 Å². The number of anilines is 1. The summed E-state index contributed by atoms with van der Waals surface area (Å²) in [5.74, 6) is -0.148. The molecule has 2 aromatic heterocycles. The Morgan fingerprint density at radius 2 is 2.25 bits per heavy atom. The average molecular weight is 386 g/mol. The minimum Gasteiger partial charge on any atom is -0.353 e. The molecular formula is C20H26N4O4. The van der Waals surface area contributed by atoms with Crippen LogP contribution < -0.4 is 10.9 Å². The van der Waals surface area contributed by atoms with Crippen molar-refractivity contribution in [2.45, 2.75) is 46.3 Å². The van der Waals surface area contributed by atoms with Crippen LogP contribution in [0.2, 0.25) is 0 Å². The molecule has 28 heavy (non-hydrogen) atoms. The number of pyridine rings is 1. The maximum absolute atomic E-state index is 12.4. The number of carbonyl (C=O) groups is 1. The molecule has 1 fully saturated rings. The van der Waals surface area contributed by atoms with Crippen molar-refractivity contribution in [1.29, 1.82) is 0 Å². The Labute approximate surface area is 163 Å². The molecule has 1 saturated heterocycles. The Bertz CT molecular complexity index is 924. The van der Waals surface area contributed by atoms with E-state index in [9.17, 15) is 9.59 Å². The fourth-order valence-corrected chi connectivity index (χ4v) is 2.67. The molecule has 0 spiro atoms. The maximum Gasteiger partial charge on any atom is 0.261 e. The Morgan fingerprint density at radius 3 is 2.96 bits per heavy atom. The lowest BCUT2D eigenvalue weighted by Gasteiger charge is -2.21. The largest absolute Gasteiger partial charge is 0.353 e. The molecule has 0 aromatic carbocycles. The fraction of sp³-hybridized carbons (Fsp3) is 0.500. The summed E-state index contributed by atoms with van der Waals surface area (Å²) in [5.41, 5.74) is 0.0839. The van der Waals surface area contributed by atoms with E-state index in [4.69, 9.17) is 9.47 Å². The van der Waals surface area contributed by atoms with Gasteiger partial charge in [-0.1, -0.05) is 32.9 Å². The van der Waals surface area contributed by atoms with Crippen molar-refractivity contribution in [2.24, 2.45) is 5.41 Å². The second-order valence-corrected chi connectivity index (χ2v) is 7.79. The third-order valence-electron chi connectivity index (χ3n) is 4.32. The van der Waals surface area contributed by atoms with Gasteiger partial charge in [0.05, 0.1) is 12.0 Å². The minimum atomic E-state index is -0.597. The monoisotopic (exact) mass is 386 g/mol. The van der Waals surface area contributed by atoms with E-state index in [0.29, 0.717) is 12.0 Å². The van der Waals surface area contributed by atoms with Gasteiger partial charge in [-0.25, -0.2) is 4.98 Å². The number of nitrogens with zero attached hydrogens (tertiary/aromatic N) is 2. The quantitative estimate of drug-likeness (QED) is 0.818. The zero-order valence-corrected chi connectivity index (χ0v) is 16.4. The van der Waals surface area contributed by atoms with Gasteiger partial charge in [-0.15, -0.1) is 0 Å². The third-order valence-corrected chi connectivity index (χ3v) is 4.32. The number of aromatic nitrogens is 3. The first-order valence-corrected chi connectivity index (χ1v) is 9.44. The van der Waals surface area contributed by atoms with Crippen LogP contribution in [0.3, 0.4) is 0 Å². The van der Waals surface area contributed by atoms with Gasteiger partial charge in [0.2, 0.25) is 11.9 Å². The van der Waals surface area contributed by atoms with Gasteiger partial charge in [-0.2, -0.15) is 4.98 Å². The van der Waals surface area contributed by atoms with E-state index in [1.165, 1.54) is 0 Å². The second kappa shape index (κ2) is 8.62. The first kappa shape index (κ1) is 20.2. The summed E-state index contributed by atoms with van der Waals surface area (Å²) in [7, 11) is 0. The van der Waals surface area contributed by atoms with Crippen LogP contribution in [0.15, 0.2) is 23.1 Å². The first-order valence-electron chi connectivity index (χ1n) is 9.44. The number of fused-ring (bicyclic) bond motifs is 1. The van der Waals surface area contributed by atoms with Crippen molar-refractivity contribution < 1.29 is 14.3 Å². The van der Waals surface area contributed by atoms with Gasteiger partial charge in [0, 0.05) is 18.2 Å². The molecule has 3 heterocycles. The lowest BCUT2D eigenvalue weighted by Crippen LogP contribution is -2.29. The van der Waals surface area contributed by atoms with Gasteiger partial charge >= 0.3 is 0 Å². The summed E-state index contributed by atoms with van der Waals surface area (Å²) in [6.07, 6.45) is 8.31. The standard InChI is InChI=1S/C20H26N4O4/c1-20(2,3)18(26)24-19-22-16-14(17(25)23-19)11-13(12-21-16)7-6-10-28-15-8-4-5-9-27-15/h6-7,11-12,15H,4-5,8-10H2,1-3H3,(H2,21,22,23,24,25,26). The van der Waals surface area contributed by atoms with Crippen molar-refractivity contribution in [3.63, 3.8) is 0 Å². The zero-order valence-electron chi connectivity index (χ0n) is 16.4. The molecule has 2 N–H and O–H groups in total. The van der Waals surface area contributed by atoms with Crippen LogP contribution in [0.5, 0.6) is 0 Å². The van der Waals surface area contributed by atoms with Crippen molar-refractivity contribution in [2.75, 3.05) is 18.5 Å². The molecule has 0 saturated carbocycles. The van der Waals surface area contributed by atoms with Gasteiger partial charge in [-0.3, -0.25) is 19.9 Å². The number of hydrogen-bond acceptors (Lipinski definition) is 6. The highest BCUT2D eigenvalue weighted by atomic mass is 16.7. The third kappa shape index (κ3) is 5.24. The van der Waals surface area contributed by atoms with Crippen LogP contribution in [-0.4, -0.2) is 40.4 Å². The van der Waals surface area contributed by atoms with Gasteiger partial charge in [0.1, 0.15) is 0 Å². The first-order chi connectivity index (χ1) is 13.3. The van der Waals surface area contributed by atoms with E-state index < -0.39 is 5.41 Å². The Balaban J connectivity index is 1.68. The summed E-state index contributed by atoms with van der Waals surface area (Å²) in [5, 5.41) is 2.97. The molecule has 1 aliphatic heterocycles. The summed E-state index contributed by atoms with van der Waals surface area (Å²) in [4.78, 5) is 35.5. The van der Waals surface area contributed by atoms with E-state index in [2.05, 4.69) is 20.3 Å². The molecule has 1 unspecified atom stereocenters. The lowest BCUT2D eigenvalue weighted by molar-refractivity contribution is -0.155. The molecule has 3 rings (SSSR count). The van der Waals surface area contributed by atoms with Crippen LogP contribution >= 0.6 is 0 Å². The molecular weight excluding hydrogens is 360 g/mol. The number of H-pyrrole nitrogens is 1. The predicted molar refractivity (Wildman–Crippen MR) is 107 cm³/mol. The van der Waals surface area contributed by atoms with Crippen LogP contribution in [-0.2, 0) is 14.3 Å². The SMILES string of the molecule is CC(C)(C)C(=O)Nc1nc2ncc(C=CCOC3CCCCO3)cc2c(=O)[nH]1. The number of aromatic amines is 1. The zero-order chi connectivity index (χ0) is 20.1. The smallest absolute Gasteiger partial charge is 0.261 e. The normalized spacial score (nSPS) is 17.9. The molecule has 1 amide bonds. The molecule has 0 aliphatic carbocycles. The fourth-order valence-electron chi connectivity index (χ4n) is 2.67. The number of amides is 1. The van der Waals surface area contributed by atoms with Gasteiger partial charge in [0.15, 0.2) is 11.9 Å². The van der Waals surface area contributed by atoms with Gasteiger partial charge < -0.3 is 9.47 Å². The molecule has 1 aliphatic rings. The Kier molecular flexibility index (Phi) is 6.21. The summed E-state index contributed by atoms with van der Waals surface area (Å²) < 4.78 is 11.2. The highest BCUT2D eigenvalue weighted by molar-refractivity contribution is 5.93. The van der Waals surface area contributed by atoms with E-state index in [-0.39, 0.29) is 29.4 Å². The van der Waals surface area contributed by atoms with E-state index in [0.717, 1.165) is 31.4 Å². The maximum atomic E-state index is 12.4. The number of rotatable bonds is 5. The molecule has 2 aromatic rings. The Hall–Kier alpha value is -2.58. The van der Waals surface area contributed by atoms with Gasteiger partial charge in [0.25, 0.3) is 5.56 Å². The number of carbonyl (C=O) groups excluding carboxylic acids is 1. The molecule has 8 heteroatoms. The summed E-state index contributed by atoms with van der Waals surface area (Å²) >= 11 is 0. The molecule has 1 atom stereocenters. The summed E-state index contributed by atoms with van der Waals surface area (Å²) in [6.45, 7) is 6.51. The highest BCUT2D eigenvalue weighted by Gasteiger charge is 2.22. The molecule has 0 radical (unpaired) electrons. The van der Waals surface area contributed by atoms with Crippen molar-refractivity contribution in [3.8, 4) is 0 Å². The highest BCUT2D eigenvalue weighted by Crippen LogP contribution is 2.16. The number of nitrogens with one attached hydrogen (secondary N) is 2. The van der Waals surface area contributed by atoms with Crippen molar-refractivity contribution >= 4 is 29.0 Å². The second-order valence-electron chi connectivity index (χ2n) is 7.79. The van der Waals surface area contributed by atoms with Crippen molar-refractivity contribution in [1.82, 2.24) is 15.0 Å². The lowest BCUT2D eigenvalue weighted by atomic mass is 9.96. The minimum absolute atomic E-state index is 0.0918. The van der Waals surface area contributed by atoms with Crippen LogP contribution in [0.1, 0.15) is 45.6 Å². The van der Waals surface area contributed by atoms with Crippen molar-refractivity contribution in [3.05, 3.63) is 34.3 Å². The molecule has 0 bridgehead atoms. The van der Waals surface area contributed by atoms with Gasteiger partial charge in [-0.05, 0) is 30.9 Å². The number of hydrogen-bond donors (Lipinski definition) is 2.